The van der Waals surface area contributed by atoms with E-state index in [0.29, 0.717) is 6.61 Å². The van der Waals surface area contributed by atoms with Crippen molar-refractivity contribution in [2.45, 2.75) is 6.92 Å². The fraction of sp³-hybridized carbons (Fsp3) is 0.727. The zero-order valence-electron chi connectivity index (χ0n) is 10.6. The van der Waals surface area contributed by atoms with Gasteiger partial charge in [0.25, 0.3) is 0 Å². The third-order valence-corrected chi connectivity index (χ3v) is 1.58. The van der Waals surface area contributed by atoms with Crippen LogP contribution >= 0.6 is 0 Å². The van der Waals surface area contributed by atoms with Crippen molar-refractivity contribution in [1.82, 2.24) is 9.80 Å². The van der Waals surface area contributed by atoms with Crippen LogP contribution in [0.3, 0.4) is 0 Å². The molecule has 0 rings (SSSR count). The average molecular weight is 216 g/mol. The Bertz CT molecular complexity index is 168. The molecule has 0 bridgehead atoms. The molecule has 4 nitrogen and oxygen atoms in total. The molecule has 0 aliphatic rings. The Balaban J connectivity index is 0. The molecular formula is C11H24N2O2. The van der Waals surface area contributed by atoms with Crippen LogP contribution in [-0.2, 0) is 9.53 Å². The van der Waals surface area contributed by atoms with Crippen LogP contribution in [0.1, 0.15) is 6.92 Å². The van der Waals surface area contributed by atoms with Crippen molar-refractivity contribution in [2.24, 2.45) is 0 Å². The highest BCUT2D eigenvalue weighted by Crippen LogP contribution is 1.80. The summed E-state index contributed by atoms with van der Waals surface area (Å²) >= 11 is 0. The lowest BCUT2D eigenvalue weighted by molar-refractivity contribution is -0.137. The number of hydrogen-bond acceptors (Lipinski definition) is 4. The van der Waals surface area contributed by atoms with Gasteiger partial charge in [0.05, 0.1) is 0 Å². The Hall–Kier alpha value is -0.870. The minimum atomic E-state index is -0.359. The molecule has 0 atom stereocenters. The normalized spacial score (nSPS) is 9.53. The molecule has 0 saturated heterocycles. The lowest BCUT2D eigenvalue weighted by Crippen LogP contribution is -2.19. The molecule has 0 heterocycles. The van der Waals surface area contributed by atoms with E-state index in [1.807, 2.05) is 19.0 Å². The molecule has 0 saturated carbocycles. The molecule has 4 heteroatoms. The first kappa shape index (κ1) is 16.6. The minimum Gasteiger partial charge on any atom is -0.461 e. The van der Waals surface area contributed by atoms with Gasteiger partial charge in [0.1, 0.15) is 6.61 Å². The highest BCUT2D eigenvalue weighted by molar-refractivity contribution is 5.81. The molecule has 0 N–H and O–H groups in total. The summed E-state index contributed by atoms with van der Waals surface area (Å²) in [5.74, 6) is -0.359. The lowest BCUT2D eigenvalue weighted by Gasteiger charge is -2.07. The molecule has 90 valence electrons. The third-order valence-electron chi connectivity index (χ3n) is 1.58. The molecule has 0 aliphatic heterocycles. The first-order chi connectivity index (χ1) is 6.93. The fourth-order valence-corrected chi connectivity index (χ4v) is 0.388. The van der Waals surface area contributed by atoms with Crippen molar-refractivity contribution in [3.63, 3.8) is 0 Å². The number of rotatable bonds is 5. The number of carbonyl (C=O) groups is 1. The Kier molecular flexibility index (Phi) is 12.4. The van der Waals surface area contributed by atoms with Crippen LogP contribution < -0.4 is 0 Å². The zero-order chi connectivity index (χ0) is 12.3. The first-order valence-electron chi connectivity index (χ1n) is 5.02. The van der Waals surface area contributed by atoms with E-state index < -0.39 is 0 Å². The second-order valence-corrected chi connectivity index (χ2v) is 3.57. The van der Waals surface area contributed by atoms with E-state index in [1.165, 1.54) is 0 Å². The van der Waals surface area contributed by atoms with Crippen molar-refractivity contribution in [3.05, 3.63) is 12.7 Å². The van der Waals surface area contributed by atoms with Gasteiger partial charge in [0, 0.05) is 12.6 Å². The van der Waals surface area contributed by atoms with Gasteiger partial charge in [-0.2, -0.15) is 0 Å². The molecule has 0 spiro atoms. The van der Waals surface area contributed by atoms with Gasteiger partial charge in [0.2, 0.25) is 0 Å². The van der Waals surface area contributed by atoms with Crippen molar-refractivity contribution in [1.29, 1.82) is 0 Å². The second-order valence-electron chi connectivity index (χ2n) is 3.57. The molecule has 0 aliphatic carbocycles. The highest BCUT2D eigenvalue weighted by atomic mass is 16.5. The summed E-state index contributed by atoms with van der Waals surface area (Å²) in [6.07, 6.45) is 1.16. The van der Waals surface area contributed by atoms with Gasteiger partial charge >= 0.3 is 5.97 Å². The van der Waals surface area contributed by atoms with E-state index in [4.69, 9.17) is 4.74 Å². The number of likely N-dealkylation sites (N-methyl/N-ethyl adjacent to an activating group) is 1. The fourth-order valence-electron chi connectivity index (χ4n) is 0.388. The van der Waals surface area contributed by atoms with Crippen LogP contribution in [-0.4, -0.2) is 63.7 Å². The first-order valence-corrected chi connectivity index (χ1v) is 5.02. The van der Waals surface area contributed by atoms with Crippen molar-refractivity contribution < 1.29 is 9.53 Å². The van der Waals surface area contributed by atoms with Gasteiger partial charge in [0.15, 0.2) is 0 Å². The van der Waals surface area contributed by atoms with Crippen molar-refractivity contribution in [3.8, 4) is 0 Å². The average Bonchev–Trinajstić information content (AvgIpc) is 2.17. The van der Waals surface area contributed by atoms with E-state index >= 15 is 0 Å². The number of esters is 1. The summed E-state index contributed by atoms with van der Waals surface area (Å²) < 4.78 is 4.70. The number of hydrogen-bond donors (Lipinski definition) is 0. The molecule has 0 fully saturated rings. The highest BCUT2D eigenvalue weighted by Gasteiger charge is 1.94. The third kappa shape index (κ3) is 19.5. The number of nitrogens with zero attached hydrogens (tertiary/aromatic N) is 2. The summed E-state index contributed by atoms with van der Waals surface area (Å²) in [6, 6.07) is 0. The van der Waals surface area contributed by atoms with Crippen LogP contribution in [0.2, 0.25) is 0 Å². The van der Waals surface area contributed by atoms with E-state index in [-0.39, 0.29) is 5.97 Å². The monoisotopic (exact) mass is 216 g/mol. The molecule has 0 aromatic carbocycles. The van der Waals surface area contributed by atoms with E-state index in [0.717, 1.165) is 19.2 Å². The molecule has 15 heavy (non-hydrogen) atoms. The van der Waals surface area contributed by atoms with Gasteiger partial charge in [-0.15, -0.1) is 0 Å². The van der Waals surface area contributed by atoms with E-state index in [9.17, 15) is 4.79 Å². The SMILES string of the molecule is C=CC(=O)OCCN(C)C.CCN(C)C. The van der Waals surface area contributed by atoms with Gasteiger partial charge in [-0.05, 0) is 34.7 Å². The van der Waals surface area contributed by atoms with Crippen LogP contribution in [0.15, 0.2) is 12.7 Å². The van der Waals surface area contributed by atoms with Gasteiger partial charge in [-0.1, -0.05) is 13.5 Å². The molecule has 0 unspecified atom stereocenters. The maximum absolute atomic E-state index is 10.4. The van der Waals surface area contributed by atoms with Crippen LogP contribution in [0.4, 0.5) is 0 Å². The smallest absolute Gasteiger partial charge is 0.330 e. The Morgan fingerprint density at radius 3 is 2.00 bits per heavy atom. The second kappa shape index (κ2) is 11.2. The predicted molar refractivity (Wildman–Crippen MR) is 63.9 cm³/mol. The molecule has 0 radical (unpaired) electrons. The largest absolute Gasteiger partial charge is 0.461 e. The van der Waals surface area contributed by atoms with Gasteiger partial charge < -0.3 is 14.5 Å². The number of carbonyl (C=O) groups excluding carboxylic acids is 1. The molecule has 0 aromatic heterocycles. The zero-order valence-corrected chi connectivity index (χ0v) is 10.6. The molecule has 0 amide bonds. The molecular weight excluding hydrogens is 192 g/mol. The standard InChI is InChI=1S/C7H13NO2.C4H11N/c1-4-7(9)10-6-5-8(2)3;1-4-5(2)3/h4H,1,5-6H2,2-3H3;4H2,1-3H3. The van der Waals surface area contributed by atoms with Crippen LogP contribution in [0.25, 0.3) is 0 Å². The van der Waals surface area contributed by atoms with Crippen LogP contribution in [0.5, 0.6) is 0 Å². The Labute approximate surface area is 93.5 Å². The minimum absolute atomic E-state index is 0.359. The Morgan fingerprint density at radius 2 is 1.73 bits per heavy atom. The van der Waals surface area contributed by atoms with E-state index in [2.05, 4.69) is 32.5 Å². The van der Waals surface area contributed by atoms with Crippen molar-refractivity contribution >= 4 is 5.97 Å². The maximum Gasteiger partial charge on any atom is 0.330 e. The topological polar surface area (TPSA) is 32.8 Å². The lowest BCUT2D eigenvalue weighted by atomic mass is 10.6. The summed E-state index contributed by atoms with van der Waals surface area (Å²) in [7, 11) is 7.95. The maximum atomic E-state index is 10.4. The van der Waals surface area contributed by atoms with Crippen molar-refractivity contribution in [2.75, 3.05) is 47.9 Å². The predicted octanol–water partition coefficient (Wildman–Crippen LogP) is 0.845. The van der Waals surface area contributed by atoms with Gasteiger partial charge in [-0.3, -0.25) is 0 Å². The Morgan fingerprint density at radius 1 is 1.27 bits per heavy atom. The van der Waals surface area contributed by atoms with Crippen LogP contribution in [0, 0.1) is 0 Å². The summed E-state index contributed by atoms with van der Waals surface area (Å²) in [5, 5.41) is 0. The molecule has 0 aromatic rings. The summed E-state index contributed by atoms with van der Waals surface area (Å²) in [6.45, 7) is 7.71. The summed E-state index contributed by atoms with van der Waals surface area (Å²) in [5.41, 5.74) is 0. The quantitative estimate of drug-likeness (QED) is 0.504. The van der Waals surface area contributed by atoms with Gasteiger partial charge in [-0.25, -0.2) is 4.79 Å². The van der Waals surface area contributed by atoms with E-state index in [1.54, 1.807) is 0 Å². The summed E-state index contributed by atoms with van der Waals surface area (Å²) in [4.78, 5) is 14.5. The number of ether oxygens (including phenoxy) is 1.